The molecule has 1 fully saturated rings. The highest BCUT2D eigenvalue weighted by Gasteiger charge is 2.28. The van der Waals surface area contributed by atoms with Crippen LogP contribution >= 0.6 is 0 Å². The second-order valence-corrected chi connectivity index (χ2v) is 6.87. The zero-order valence-corrected chi connectivity index (χ0v) is 16.4. The molecule has 0 bridgehead atoms. The van der Waals surface area contributed by atoms with Gasteiger partial charge < -0.3 is 25.0 Å². The van der Waals surface area contributed by atoms with Crippen molar-refractivity contribution in [2.45, 2.75) is 25.2 Å². The Morgan fingerprint density at radius 3 is 2.90 bits per heavy atom. The Hall–Kier alpha value is -3.17. The van der Waals surface area contributed by atoms with Crippen LogP contribution in [0.5, 0.6) is 11.6 Å². The molecule has 2 N–H and O–H groups in total. The number of anilines is 1. The van der Waals surface area contributed by atoms with Crippen LogP contribution in [0.2, 0.25) is 0 Å². The number of benzene rings is 1. The van der Waals surface area contributed by atoms with Gasteiger partial charge >= 0.3 is 12.2 Å². The van der Waals surface area contributed by atoms with Crippen molar-refractivity contribution in [3.05, 3.63) is 48.2 Å². The lowest BCUT2D eigenvalue weighted by atomic mass is 10.2. The van der Waals surface area contributed by atoms with Crippen LogP contribution in [-0.4, -0.2) is 50.0 Å². The number of amides is 2. The van der Waals surface area contributed by atoms with E-state index < -0.39 is 12.8 Å². The van der Waals surface area contributed by atoms with Crippen molar-refractivity contribution < 1.29 is 27.4 Å². The van der Waals surface area contributed by atoms with E-state index in [1.54, 1.807) is 13.2 Å². The SMILES string of the molecule is COc1cccc(N2CC[C@@H](NC(=O)NCc3ccnc(OCC(F)(F)F)c3)C2)c1. The standard InChI is InChI=1S/C20H23F3N4O3/c1-29-17-4-2-3-16(10-17)27-8-6-15(12-27)26-19(28)25-11-14-5-7-24-18(9-14)30-13-20(21,22)23/h2-5,7,9-10,15H,6,8,11-13H2,1H3,(H2,25,26,28)/t15-/m1/s1. The summed E-state index contributed by atoms with van der Waals surface area (Å²) in [5, 5.41) is 5.62. The molecule has 0 radical (unpaired) electrons. The Morgan fingerprint density at radius 2 is 2.13 bits per heavy atom. The first-order valence-electron chi connectivity index (χ1n) is 9.40. The maximum absolute atomic E-state index is 12.2. The van der Waals surface area contributed by atoms with Crippen LogP contribution in [0.25, 0.3) is 0 Å². The van der Waals surface area contributed by atoms with Crippen molar-refractivity contribution >= 4 is 11.7 Å². The smallest absolute Gasteiger partial charge is 0.422 e. The number of ether oxygens (including phenoxy) is 2. The molecule has 2 aromatic rings. The number of urea groups is 1. The summed E-state index contributed by atoms with van der Waals surface area (Å²) < 4.78 is 46.6. The van der Waals surface area contributed by atoms with Crippen LogP contribution < -0.4 is 25.0 Å². The summed E-state index contributed by atoms with van der Waals surface area (Å²) in [5.74, 6) is 0.634. The number of halogens is 3. The van der Waals surface area contributed by atoms with Crippen LogP contribution in [0.15, 0.2) is 42.6 Å². The fourth-order valence-corrected chi connectivity index (χ4v) is 3.13. The molecule has 0 unspecified atom stereocenters. The molecule has 1 aromatic heterocycles. The first-order chi connectivity index (χ1) is 14.3. The summed E-state index contributed by atoms with van der Waals surface area (Å²) in [5.41, 5.74) is 1.61. The lowest BCUT2D eigenvalue weighted by molar-refractivity contribution is -0.154. The van der Waals surface area contributed by atoms with Crippen molar-refractivity contribution in [1.82, 2.24) is 15.6 Å². The number of carbonyl (C=O) groups excluding carboxylic acids is 1. The number of carbonyl (C=O) groups is 1. The number of alkyl halides is 3. The van der Waals surface area contributed by atoms with E-state index >= 15 is 0 Å². The zero-order valence-electron chi connectivity index (χ0n) is 16.4. The highest BCUT2D eigenvalue weighted by molar-refractivity contribution is 5.74. The van der Waals surface area contributed by atoms with Gasteiger partial charge in [-0.1, -0.05) is 6.07 Å². The summed E-state index contributed by atoms with van der Waals surface area (Å²) in [6, 6.07) is 10.3. The molecule has 2 heterocycles. The van der Waals surface area contributed by atoms with Gasteiger partial charge in [0, 0.05) is 49.7 Å². The first-order valence-corrected chi connectivity index (χ1v) is 9.40. The van der Waals surface area contributed by atoms with Gasteiger partial charge in [0.25, 0.3) is 0 Å². The van der Waals surface area contributed by atoms with E-state index in [1.807, 2.05) is 24.3 Å². The normalized spacial score (nSPS) is 16.3. The number of methoxy groups -OCH3 is 1. The minimum Gasteiger partial charge on any atom is -0.497 e. The monoisotopic (exact) mass is 424 g/mol. The lowest BCUT2D eigenvalue weighted by Gasteiger charge is -2.19. The fourth-order valence-electron chi connectivity index (χ4n) is 3.13. The first kappa shape index (κ1) is 21.5. The average molecular weight is 424 g/mol. The summed E-state index contributed by atoms with van der Waals surface area (Å²) >= 11 is 0. The maximum Gasteiger partial charge on any atom is 0.422 e. The van der Waals surface area contributed by atoms with Gasteiger partial charge in [-0.25, -0.2) is 9.78 Å². The molecule has 162 valence electrons. The minimum atomic E-state index is -4.43. The van der Waals surface area contributed by atoms with Crippen LogP contribution in [0, 0.1) is 0 Å². The minimum absolute atomic E-state index is 0.0145. The second kappa shape index (κ2) is 9.55. The average Bonchev–Trinajstić information content (AvgIpc) is 3.19. The van der Waals surface area contributed by atoms with Gasteiger partial charge in [-0.3, -0.25) is 0 Å². The summed E-state index contributed by atoms with van der Waals surface area (Å²) in [4.78, 5) is 18.1. The Kier molecular flexibility index (Phi) is 6.86. The lowest BCUT2D eigenvalue weighted by Crippen LogP contribution is -2.43. The molecular weight excluding hydrogens is 401 g/mol. The Balaban J connectivity index is 1.45. The maximum atomic E-state index is 12.2. The Labute approximate surface area is 172 Å². The molecule has 1 atom stereocenters. The predicted octanol–water partition coefficient (Wildman–Crippen LogP) is 3.11. The van der Waals surface area contributed by atoms with E-state index in [4.69, 9.17) is 4.74 Å². The quantitative estimate of drug-likeness (QED) is 0.715. The number of nitrogens with one attached hydrogen (secondary N) is 2. The van der Waals surface area contributed by atoms with Gasteiger partial charge in [0.05, 0.1) is 7.11 Å². The molecule has 1 saturated heterocycles. The van der Waals surface area contributed by atoms with Gasteiger partial charge in [-0.15, -0.1) is 0 Å². The molecule has 10 heteroatoms. The van der Waals surface area contributed by atoms with Crippen LogP contribution in [0.4, 0.5) is 23.7 Å². The molecule has 0 aliphatic carbocycles. The molecule has 30 heavy (non-hydrogen) atoms. The van der Waals surface area contributed by atoms with Crippen molar-refractivity contribution in [1.29, 1.82) is 0 Å². The Morgan fingerprint density at radius 1 is 1.30 bits per heavy atom. The fraction of sp³-hybridized carbons (Fsp3) is 0.400. The zero-order chi connectivity index (χ0) is 21.6. The van der Waals surface area contributed by atoms with Crippen molar-refractivity contribution in [2.75, 3.05) is 31.7 Å². The molecular formula is C20H23F3N4O3. The molecule has 1 aromatic carbocycles. The van der Waals surface area contributed by atoms with Crippen molar-refractivity contribution in [3.63, 3.8) is 0 Å². The van der Waals surface area contributed by atoms with Crippen molar-refractivity contribution in [2.24, 2.45) is 0 Å². The Bertz CT molecular complexity index is 863. The third-order valence-electron chi connectivity index (χ3n) is 4.58. The van der Waals surface area contributed by atoms with Gasteiger partial charge in [-0.2, -0.15) is 13.2 Å². The molecule has 1 aliphatic heterocycles. The topological polar surface area (TPSA) is 75.7 Å². The van der Waals surface area contributed by atoms with Gasteiger partial charge in [0.2, 0.25) is 5.88 Å². The molecule has 0 spiro atoms. The largest absolute Gasteiger partial charge is 0.497 e. The van der Waals surface area contributed by atoms with E-state index in [2.05, 4.69) is 25.3 Å². The third-order valence-corrected chi connectivity index (χ3v) is 4.58. The highest BCUT2D eigenvalue weighted by Crippen LogP contribution is 2.24. The number of hydrogen-bond acceptors (Lipinski definition) is 5. The van der Waals surface area contributed by atoms with Crippen LogP contribution in [0.3, 0.4) is 0 Å². The van der Waals surface area contributed by atoms with E-state index in [9.17, 15) is 18.0 Å². The summed E-state index contributed by atoms with van der Waals surface area (Å²) in [6.07, 6.45) is -2.30. The van der Waals surface area contributed by atoms with E-state index in [-0.39, 0.29) is 24.5 Å². The van der Waals surface area contributed by atoms with Crippen molar-refractivity contribution in [3.8, 4) is 11.6 Å². The molecule has 1 aliphatic rings. The van der Waals surface area contributed by atoms with E-state index in [0.29, 0.717) is 12.1 Å². The number of nitrogens with zero attached hydrogens (tertiary/aromatic N) is 2. The molecule has 0 saturated carbocycles. The number of rotatable bonds is 7. The molecule has 3 rings (SSSR count). The molecule has 7 nitrogen and oxygen atoms in total. The highest BCUT2D eigenvalue weighted by atomic mass is 19.4. The second-order valence-electron chi connectivity index (χ2n) is 6.87. The summed E-state index contributed by atoms with van der Waals surface area (Å²) in [6.45, 7) is 0.208. The predicted molar refractivity (Wildman–Crippen MR) is 105 cm³/mol. The van der Waals surface area contributed by atoms with Gasteiger partial charge in [0.1, 0.15) is 5.75 Å². The van der Waals surface area contributed by atoms with Crippen LogP contribution in [0.1, 0.15) is 12.0 Å². The number of aromatic nitrogens is 1. The molecule has 2 amide bonds. The number of hydrogen-bond donors (Lipinski definition) is 2. The number of pyridine rings is 1. The summed E-state index contributed by atoms with van der Waals surface area (Å²) in [7, 11) is 1.62. The van der Waals surface area contributed by atoms with E-state index in [1.165, 1.54) is 12.3 Å². The third kappa shape index (κ3) is 6.43. The van der Waals surface area contributed by atoms with Gasteiger partial charge in [0.15, 0.2) is 6.61 Å². The van der Waals surface area contributed by atoms with E-state index in [0.717, 1.165) is 24.4 Å². The van der Waals surface area contributed by atoms with Crippen LogP contribution in [-0.2, 0) is 6.54 Å². The van der Waals surface area contributed by atoms with Gasteiger partial charge in [-0.05, 0) is 30.2 Å².